The van der Waals surface area contributed by atoms with Gasteiger partial charge in [-0.25, -0.2) is 13.1 Å². The number of benzene rings is 1. The van der Waals surface area contributed by atoms with Crippen molar-refractivity contribution in [2.75, 3.05) is 27.2 Å². The van der Waals surface area contributed by atoms with Gasteiger partial charge in [0.1, 0.15) is 10.2 Å². The lowest BCUT2D eigenvalue weighted by Gasteiger charge is -2.13. The molecule has 13 heteroatoms. The van der Waals surface area contributed by atoms with E-state index in [4.69, 9.17) is 11.6 Å². The van der Waals surface area contributed by atoms with Crippen LogP contribution in [-0.4, -0.2) is 55.3 Å². The van der Waals surface area contributed by atoms with Crippen LogP contribution >= 0.6 is 36.2 Å². The fourth-order valence-corrected chi connectivity index (χ4v) is 4.31. The predicted molar refractivity (Wildman–Crippen MR) is 105 cm³/mol. The van der Waals surface area contributed by atoms with E-state index in [1.807, 2.05) is 0 Å². The van der Waals surface area contributed by atoms with E-state index in [0.29, 0.717) is 6.54 Å². The first-order valence-electron chi connectivity index (χ1n) is 6.99. The number of hydrogen-bond donors (Lipinski definition) is 4. The molecule has 0 unspecified atom stereocenters. The van der Waals surface area contributed by atoms with Crippen LogP contribution in [0.3, 0.4) is 0 Å². The average Bonchev–Trinajstić information content (AvgIpc) is 2.43. The van der Waals surface area contributed by atoms with Gasteiger partial charge in [-0.15, -0.1) is 17.0 Å². The van der Waals surface area contributed by atoms with E-state index >= 15 is 0 Å². The summed E-state index contributed by atoms with van der Waals surface area (Å²) in [6.45, 7) is 0.628. The Hall–Kier alpha value is -0.780. The van der Waals surface area contributed by atoms with Crippen molar-refractivity contribution in [3.63, 3.8) is 0 Å². The van der Waals surface area contributed by atoms with E-state index in [2.05, 4.69) is 9.71 Å². The Balaban J connectivity index is 0.00000338. The monoisotopic (exact) mass is 489 g/mol. The van der Waals surface area contributed by atoms with Gasteiger partial charge < -0.3 is 19.7 Å². The lowest BCUT2D eigenvalue weighted by Crippen LogP contribution is -2.31. The molecule has 0 amide bonds. The summed E-state index contributed by atoms with van der Waals surface area (Å²) in [6.07, 6.45) is 0. The maximum atomic E-state index is 12.4. The zero-order valence-corrected chi connectivity index (χ0v) is 17.9. The minimum absolute atomic E-state index is 0. The first-order chi connectivity index (χ1) is 11.4. The number of nitrogens with one attached hydrogen (secondary N) is 2. The molecule has 26 heavy (non-hydrogen) atoms. The van der Waals surface area contributed by atoms with E-state index in [1.54, 1.807) is 19.0 Å². The van der Waals surface area contributed by atoms with Crippen LogP contribution in [-0.2, 0) is 14.6 Å². The van der Waals surface area contributed by atoms with Crippen molar-refractivity contribution in [1.82, 2.24) is 14.6 Å². The van der Waals surface area contributed by atoms with Crippen LogP contribution in [0, 0.1) is 0 Å². The Morgan fingerprint density at radius 2 is 1.88 bits per heavy atom. The molecule has 0 saturated heterocycles. The minimum atomic E-state index is -4.80. The molecular formula is C13H18BrClN3O6PS. The molecule has 0 saturated carbocycles. The van der Waals surface area contributed by atoms with Crippen molar-refractivity contribution in [1.29, 1.82) is 0 Å². The third-order valence-corrected chi connectivity index (χ3v) is 6.22. The molecule has 146 valence electrons. The second-order valence-corrected chi connectivity index (χ2v) is 9.31. The van der Waals surface area contributed by atoms with Gasteiger partial charge in [0.05, 0.1) is 5.02 Å². The summed E-state index contributed by atoms with van der Waals surface area (Å²) in [7, 11) is -5.16. The predicted octanol–water partition coefficient (Wildman–Crippen LogP) is 0.402. The van der Waals surface area contributed by atoms with Crippen molar-refractivity contribution in [2.24, 2.45) is 0 Å². The standard InChI is InChI=1S/C13H17ClN3O6PS.BrH/c1-17(2)4-3-15-25(22,23)12-6-8-5-11(24(19,20)21)13(18)16-10(8)7-9(12)14;/h5-7,15H,3-4H2,1-2H3,(H,16,18)(H2,19,20,21);1H. The Morgan fingerprint density at radius 1 is 1.27 bits per heavy atom. The summed E-state index contributed by atoms with van der Waals surface area (Å²) in [5.41, 5.74) is -0.795. The van der Waals surface area contributed by atoms with E-state index in [0.717, 1.165) is 12.1 Å². The second kappa shape index (κ2) is 8.49. The van der Waals surface area contributed by atoms with E-state index in [-0.39, 0.29) is 44.3 Å². The highest BCUT2D eigenvalue weighted by Crippen LogP contribution is 2.33. The topological polar surface area (TPSA) is 140 Å². The Kier molecular flexibility index (Phi) is 7.59. The van der Waals surface area contributed by atoms with Crippen molar-refractivity contribution >= 4 is 62.4 Å². The summed E-state index contributed by atoms with van der Waals surface area (Å²) in [5.74, 6) is 0. The van der Waals surface area contributed by atoms with Gasteiger partial charge in [0.15, 0.2) is 0 Å². The van der Waals surface area contributed by atoms with Gasteiger partial charge in [0, 0.05) is 24.0 Å². The summed E-state index contributed by atoms with van der Waals surface area (Å²) >= 11 is 6.01. The minimum Gasteiger partial charge on any atom is -0.321 e. The molecule has 0 fully saturated rings. The van der Waals surface area contributed by atoms with Crippen LogP contribution in [0.25, 0.3) is 10.9 Å². The molecule has 9 nitrogen and oxygen atoms in total. The quantitative estimate of drug-likeness (QED) is 0.430. The van der Waals surface area contributed by atoms with E-state index in [1.165, 1.54) is 6.07 Å². The first-order valence-corrected chi connectivity index (χ1v) is 10.5. The number of rotatable bonds is 6. The summed E-state index contributed by atoms with van der Waals surface area (Å²) in [6, 6.07) is 3.34. The van der Waals surface area contributed by atoms with Crippen LogP contribution in [0.1, 0.15) is 0 Å². The number of aromatic amines is 1. The average molecular weight is 491 g/mol. The van der Waals surface area contributed by atoms with Crippen LogP contribution in [0.2, 0.25) is 5.02 Å². The van der Waals surface area contributed by atoms with Crippen molar-refractivity contribution in [3.8, 4) is 0 Å². The smallest absolute Gasteiger partial charge is 0.321 e. The zero-order chi connectivity index (χ0) is 19.0. The molecule has 4 N–H and O–H groups in total. The molecular weight excluding hydrogens is 473 g/mol. The lowest BCUT2D eigenvalue weighted by atomic mass is 10.2. The fourth-order valence-electron chi connectivity index (χ4n) is 2.10. The third kappa shape index (κ3) is 5.37. The van der Waals surface area contributed by atoms with Crippen LogP contribution < -0.4 is 15.6 Å². The normalized spacial score (nSPS) is 12.4. The van der Waals surface area contributed by atoms with Gasteiger partial charge in [-0.1, -0.05) is 11.6 Å². The number of fused-ring (bicyclic) bond motifs is 1. The van der Waals surface area contributed by atoms with Gasteiger partial charge in [0.2, 0.25) is 10.0 Å². The van der Waals surface area contributed by atoms with Crippen molar-refractivity contribution in [3.05, 3.63) is 33.6 Å². The SMILES string of the molecule is Br.CN(C)CCNS(=O)(=O)c1cc2cc(P(=O)(O)O)c(=O)[nH]c2cc1Cl. The van der Waals surface area contributed by atoms with Crippen LogP contribution in [0.5, 0.6) is 0 Å². The van der Waals surface area contributed by atoms with Gasteiger partial charge in [-0.05, 0) is 32.3 Å². The molecule has 2 rings (SSSR count). The number of sulfonamides is 1. The largest absolute Gasteiger partial charge is 0.361 e. The molecule has 0 radical (unpaired) electrons. The number of pyridine rings is 1. The fraction of sp³-hybridized carbons (Fsp3) is 0.308. The van der Waals surface area contributed by atoms with Gasteiger partial charge in [-0.2, -0.15) is 0 Å². The van der Waals surface area contributed by atoms with Crippen molar-refractivity contribution in [2.45, 2.75) is 4.90 Å². The molecule has 0 aliphatic carbocycles. The molecule has 0 spiro atoms. The molecule has 1 aromatic heterocycles. The Labute approximate surface area is 165 Å². The molecule has 0 aliphatic heterocycles. The van der Waals surface area contributed by atoms with Gasteiger partial charge in [-0.3, -0.25) is 9.36 Å². The number of H-pyrrole nitrogens is 1. The summed E-state index contributed by atoms with van der Waals surface area (Å²) < 4.78 is 38.5. The highest BCUT2D eigenvalue weighted by atomic mass is 79.9. The maximum absolute atomic E-state index is 12.4. The van der Waals surface area contributed by atoms with Gasteiger partial charge >= 0.3 is 7.60 Å². The maximum Gasteiger partial charge on any atom is 0.361 e. The number of aromatic nitrogens is 1. The number of likely N-dealkylation sites (N-methyl/N-ethyl adjacent to an activating group) is 1. The number of halogens is 2. The number of hydrogen-bond acceptors (Lipinski definition) is 5. The first kappa shape index (κ1) is 23.3. The molecule has 0 atom stereocenters. The molecule has 2 aromatic rings. The highest BCUT2D eigenvalue weighted by molar-refractivity contribution is 8.93. The highest BCUT2D eigenvalue weighted by Gasteiger charge is 2.24. The molecule has 1 aromatic carbocycles. The lowest BCUT2D eigenvalue weighted by molar-refractivity contribution is 0.387. The Bertz CT molecular complexity index is 1020. The van der Waals surface area contributed by atoms with Crippen LogP contribution in [0.4, 0.5) is 0 Å². The molecule has 0 bridgehead atoms. The van der Waals surface area contributed by atoms with E-state index < -0.39 is 28.5 Å². The summed E-state index contributed by atoms with van der Waals surface area (Å²) in [5, 5.41) is -0.731. The zero-order valence-electron chi connectivity index (χ0n) is 13.8. The third-order valence-electron chi connectivity index (χ3n) is 3.33. The Morgan fingerprint density at radius 3 is 2.42 bits per heavy atom. The number of nitrogens with zero attached hydrogens (tertiary/aromatic N) is 1. The summed E-state index contributed by atoms with van der Waals surface area (Å²) in [4.78, 5) is 34.0. The second-order valence-electron chi connectivity index (χ2n) is 5.60. The molecule has 1 heterocycles. The van der Waals surface area contributed by atoms with E-state index in [9.17, 15) is 27.6 Å². The van der Waals surface area contributed by atoms with Crippen LogP contribution in [0.15, 0.2) is 27.9 Å². The van der Waals surface area contributed by atoms with Gasteiger partial charge in [0.25, 0.3) is 5.56 Å². The van der Waals surface area contributed by atoms with Crippen molar-refractivity contribution < 1.29 is 22.8 Å². The molecule has 0 aliphatic rings.